The highest BCUT2D eigenvalue weighted by Gasteiger charge is 2.22. The van der Waals surface area contributed by atoms with Crippen LogP contribution in [-0.4, -0.2) is 30.9 Å². The van der Waals surface area contributed by atoms with E-state index in [-0.39, 0.29) is 36.8 Å². The molecule has 1 unspecified atom stereocenters. The molecule has 1 aliphatic rings. The highest BCUT2D eigenvalue weighted by atomic mass is 79.9. The van der Waals surface area contributed by atoms with Gasteiger partial charge >= 0.3 is 0 Å². The summed E-state index contributed by atoms with van der Waals surface area (Å²) in [6.45, 7) is 2.77. The summed E-state index contributed by atoms with van der Waals surface area (Å²) < 4.78 is 0.966. The van der Waals surface area contributed by atoms with Gasteiger partial charge in [0.25, 0.3) is 0 Å². The summed E-state index contributed by atoms with van der Waals surface area (Å²) in [6.07, 6.45) is 1.83. The van der Waals surface area contributed by atoms with Crippen LogP contribution in [0.15, 0.2) is 22.7 Å². The summed E-state index contributed by atoms with van der Waals surface area (Å²) in [5.74, 6) is -0.327. The van der Waals surface area contributed by atoms with E-state index >= 15 is 0 Å². The lowest BCUT2D eigenvalue weighted by molar-refractivity contribution is -0.125. The van der Waals surface area contributed by atoms with Crippen LogP contribution in [0.4, 0.5) is 5.69 Å². The van der Waals surface area contributed by atoms with Crippen molar-refractivity contribution in [3.63, 3.8) is 0 Å². The molecule has 2 amide bonds. The molecular formula is C14H19BrClN3O2. The molecule has 2 rings (SSSR count). The third-order valence-corrected chi connectivity index (χ3v) is 3.76. The van der Waals surface area contributed by atoms with E-state index in [1.165, 1.54) is 0 Å². The van der Waals surface area contributed by atoms with Crippen LogP contribution in [0.5, 0.6) is 0 Å². The molecular weight excluding hydrogens is 358 g/mol. The van der Waals surface area contributed by atoms with E-state index in [4.69, 9.17) is 0 Å². The molecule has 0 bridgehead atoms. The average molecular weight is 377 g/mol. The molecule has 1 heterocycles. The second-order valence-corrected chi connectivity index (χ2v) is 5.79. The highest BCUT2D eigenvalue weighted by Crippen LogP contribution is 2.19. The number of carbonyl (C=O) groups excluding carboxylic acids is 2. The molecule has 0 aliphatic carbocycles. The smallest absolute Gasteiger partial charge is 0.243 e. The van der Waals surface area contributed by atoms with Gasteiger partial charge in [-0.3, -0.25) is 9.59 Å². The SMILES string of the molecule is Cc1cc(Br)ccc1NC(=O)CNC(=O)C1CCCN1.Cl. The quantitative estimate of drug-likeness (QED) is 0.752. The normalized spacial score (nSPS) is 17.0. The van der Waals surface area contributed by atoms with Gasteiger partial charge in [0.05, 0.1) is 12.6 Å². The Morgan fingerprint density at radius 3 is 2.81 bits per heavy atom. The lowest BCUT2D eigenvalue weighted by Crippen LogP contribution is -2.43. The molecule has 0 radical (unpaired) electrons. The van der Waals surface area contributed by atoms with Gasteiger partial charge in [0.15, 0.2) is 0 Å². The third kappa shape index (κ3) is 5.30. The number of nitrogens with one attached hydrogen (secondary N) is 3. The minimum Gasteiger partial charge on any atom is -0.346 e. The van der Waals surface area contributed by atoms with E-state index in [0.717, 1.165) is 35.1 Å². The van der Waals surface area contributed by atoms with Crippen LogP contribution >= 0.6 is 28.3 Å². The molecule has 5 nitrogen and oxygen atoms in total. The first kappa shape index (κ1) is 17.9. The van der Waals surface area contributed by atoms with E-state index in [9.17, 15) is 9.59 Å². The molecule has 116 valence electrons. The van der Waals surface area contributed by atoms with Crippen LogP contribution in [0.1, 0.15) is 18.4 Å². The molecule has 0 aromatic heterocycles. The number of benzene rings is 1. The van der Waals surface area contributed by atoms with Crippen LogP contribution in [0, 0.1) is 6.92 Å². The van der Waals surface area contributed by atoms with Gasteiger partial charge in [-0.1, -0.05) is 15.9 Å². The van der Waals surface area contributed by atoms with Gasteiger partial charge in [0, 0.05) is 10.2 Å². The molecule has 21 heavy (non-hydrogen) atoms. The zero-order valence-electron chi connectivity index (χ0n) is 11.7. The van der Waals surface area contributed by atoms with Gasteiger partial charge in [-0.2, -0.15) is 0 Å². The molecule has 1 saturated heterocycles. The number of carbonyl (C=O) groups is 2. The number of hydrogen-bond donors (Lipinski definition) is 3. The molecule has 3 N–H and O–H groups in total. The maximum atomic E-state index is 11.8. The number of anilines is 1. The van der Waals surface area contributed by atoms with Gasteiger partial charge < -0.3 is 16.0 Å². The predicted molar refractivity (Wildman–Crippen MR) is 88.8 cm³/mol. The first-order chi connectivity index (χ1) is 9.56. The van der Waals surface area contributed by atoms with Gasteiger partial charge in [-0.25, -0.2) is 0 Å². The maximum absolute atomic E-state index is 11.8. The predicted octanol–water partition coefficient (Wildman–Crippen LogP) is 1.99. The van der Waals surface area contributed by atoms with Crippen LogP contribution in [0.2, 0.25) is 0 Å². The van der Waals surface area contributed by atoms with Crippen molar-refractivity contribution in [3.05, 3.63) is 28.2 Å². The average Bonchev–Trinajstić information content (AvgIpc) is 2.93. The van der Waals surface area contributed by atoms with Gasteiger partial charge in [0.1, 0.15) is 0 Å². The number of rotatable bonds is 4. The van der Waals surface area contributed by atoms with Crippen molar-refractivity contribution in [2.24, 2.45) is 0 Å². The van der Waals surface area contributed by atoms with Crippen molar-refractivity contribution in [3.8, 4) is 0 Å². The fourth-order valence-corrected chi connectivity index (χ4v) is 2.64. The van der Waals surface area contributed by atoms with Crippen molar-refractivity contribution in [2.75, 3.05) is 18.4 Å². The van der Waals surface area contributed by atoms with Crippen LogP contribution in [0.3, 0.4) is 0 Å². The standard InChI is InChI=1S/C14H18BrN3O2.ClH/c1-9-7-10(15)4-5-11(9)18-13(19)8-17-14(20)12-3-2-6-16-12;/h4-5,7,12,16H,2-3,6,8H2,1H3,(H,17,20)(H,18,19);1H. The molecule has 0 spiro atoms. The van der Waals surface area contributed by atoms with Gasteiger partial charge in [0.2, 0.25) is 11.8 Å². The summed E-state index contributed by atoms with van der Waals surface area (Å²) in [7, 11) is 0. The highest BCUT2D eigenvalue weighted by molar-refractivity contribution is 9.10. The Hall–Kier alpha value is -1.11. The lowest BCUT2D eigenvalue weighted by atomic mass is 10.2. The van der Waals surface area contributed by atoms with Crippen LogP contribution in [0.25, 0.3) is 0 Å². The minimum atomic E-state index is -0.221. The summed E-state index contributed by atoms with van der Waals surface area (Å²) in [4.78, 5) is 23.6. The van der Waals surface area contributed by atoms with Crippen molar-refractivity contribution < 1.29 is 9.59 Å². The van der Waals surface area contributed by atoms with Crippen molar-refractivity contribution >= 4 is 45.8 Å². The Labute approximate surface area is 138 Å². The second-order valence-electron chi connectivity index (χ2n) is 4.87. The van der Waals surface area contributed by atoms with E-state index in [0.29, 0.717) is 0 Å². The van der Waals surface area contributed by atoms with Crippen molar-refractivity contribution in [2.45, 2.75) is 25.8 Å². The van der Waals surface area contributed by atoms with Crippen LogP contribution < -0.4 is 16.0 Å². The number of amides is 2. The maximum Gasteiger partial charge on any atom is 0.243 e. The van der Waals surface area contributed by atoms with Crippen molar-refractivity contribution in [1.29, 1.82) is 0 Å². The molecule has 1 aromatic rings. The molecule has 1 aliphatic heterocycles. The molecule has 1 fully saturated rings. The minimum absolute atomic E-state index is 0. The van der Waals surface area contributed by atoms with E-state index < -0.39 is 0 Å². The monoisotopic (exact) mass is 375 g/mol. The first-order valence-electron chi connectivity index (χ1n) is 6.63. The molecule has 1 aromatic carbocycles. The Bertz CT molecular complexity index is 519. The fraction of sp³-hybridized carbons (Fsp3) is 0.429. The molecule has 0 saturated carbocycles. The van der Waals surface area contributed by atoms with E-state index in [2.05, 4.69) is 31.9 Å². The zero-order valence-corrected chi connectivity index (χ0v) is 14.1. The number of halogens is 2. The topological polar surface area (TPSA) is 70.2 Å². The Morgan fingerprint density at radius 1 is 1.43 bits per heavy atom. The lowest BCUT2D eigenvalue weighted by Gasteiger charge is -2.12. The van der Waals surface area contributed by atoms with Gasteiger partial charge in [-0.15, -0.1) is 12.4 Å². The Morgan fingerprint density at radius 2 is 2.19 bits per heavy atom. The summed E-state index contributed by atoms with van der Waals surface area (Å²) in [5.41, 5.74) is 1.72. The third-order valence-electron chi connectivity index (χ3n) is 3.26. The summed E-state index contributed by atoms with van der Waals surface area (Å²) in [5, 5.41) is 8.54. The second kappa shape index (κ2) is 8.36. The Balaban J connectivity index is 0.00000220. The largest absolute Gasteiger partial charge is 0.346 e. The van der Waals surface area contributed by atoms with Gasteiger partial charge in [-0.05, 0) is 50.1 Å². The summed E-state index contributed by atoms with van der Waals surface area (Å²) >= 11 is 3.37. The first-order valence-corrected chi connectivity index (χ1v) is 7.42. The molecule has 7 heteroatoms. The zero-order chi connectivity index (χ0) is 14.5. The number of aryl methyl sites for hydroxylation is 1. The molecule has 1 atom stereocenters. The van der Waals surface area contributed by atoms with E-state index in [1.807, 2.05) is 25.1 Å². The van der Waals surface area contributed by atoms with Crippen LogP contribution in [-0.2, 0) is 9.59 Å². The fourth-order valence-electron chi connectivity index (χ4n) is 2.16. The Kier molecular flexibility index (Phi) is 7.14. The summed E-state index contributed by atoms with van der Waals surface area (Å²) in [6, 6.07) is 5.47. The van der Waals surface area contributed by atoms with E-state index in [1.54, 1.807) is 0 Å². The number of hydrogen-bond acceptors (Lipinski definition) is 3. The van der Waals surface area contributed by atoms with Crippen molar-refractivity contribution in [1.82, 2.24) is 10.6 Å².